The number of nitrogens with one attached hydrogen (secondary N) is 1. The van der Waals surface area contributed by atoms with E-state index in [0.717, 1.165) is 24.8 Å². The van der Waals surface area contributed by atoms with Crippen molar-refractivity contribution in [2.24, 2.45) is 10.7 Å². The third kappa shape index (κ3) is 5.77. The molecule has 0 amide bonds. The predicted molar refractivity (Wildman–Crippen MR) is 94.6 cm³/mol. The summed E-state index contributed by atoms with van der Waals surface area (Å²) in [5, 5.41) is 2.62. The monoisotopic (exact) mass is 380 g/mol. The number of rotatable bonds is 6. The van der Waals surface area contributed by atoms with Gasteiger partial charge < -0.3 is 20.5 Å². The van der Waals surface area contributed by atoms with E-state index in [1.165, 1.54) is 18.2 Å². The van der Waals surface area contributed by atoms with Crippen LogP contribution >= 0.6 is 0 Å². The molecule has 1 heterocycles. The van der Waals surface area contributed by atoms with Gasteiger partial charge in [-0.25, -0.2) is 9.98 Å². The van der Waals surface area contributed by atoms with Crippen molar-refractivity contribution >= 4 is 11.6 Å². The molecule has 1 saturated carbocycles. The highest BCUT2D eigenvalue weighted by molar-refractivity contribution is 5.93. The van der Waals surface area contributed by atoms with E-state index in [-0.39, 0.29) is 30.0 Å². The van der Waals surface area contributed by atoms with Crippen LogP contribution in [0.3, 0.4) is 0 Å². The average Bonchev–Trinajstić information content (AvgIpc) is 2.57. The number of hydrogen-bond acceptors (Lipinski definition) is 4. The Balaban J connectivity index is 1.62. The lowest BCUT2D eigenvalue weighted by molar-refractivity contribution is -0.274. The molecule has 1 aromatic carbocycles. The molecule has 144 valence electrons. The van der Waals surface area contributed by atoms with Crippen molar-refractivity contribution in [2.75, 3.05) is 5.32 Å². The van der Waals surface area contributed by atoms with Crippen LogP contribution in [-0.2, 0) is 6.54 Å². The van der Waals surface area contributed by atoms with E-state index in [2.05, 4.69) is 20.0 Å². The van der Waals surface area contributed by atoms with Gasteiger partial charge in [-0.2, -0.15) is 0 Å². The van der Waals surface area contributed by atoms with Gasteiger partial charge in [-0.05, 0) is 43.0 Å². The Labute approximate surface area is 154 Å². The van der Waals surface area contributed by atoms with Crippen LogP contribution in [0.2, 0.25) is 0 Å². The number of ether oxygens (including phenoxy) is 2. The fourth-order valence-electron chi connectivity index (χ4n) is 2.41. The standard InChI is InChI=1S/C18H19F3N4O2/c19-18(20,21)27-15-7-2-1-6-14(15)25-17(22)24-11-12-8-9-23-16(10-12)26-13-4-3-5-13/h1-2,6-10,13H,3-5,11H2,(H3,22,24,25). The lowest BCUT2D eigenvalue weighted by atomic mass is 9.96. The molecule has 1 fully saturated rings. The van der Waals surface area contributed by atoms with Crippen LogP contribution in [0.15, 0.2) is 47.6 Å². The van der Waals surface area contributed by atoms with Gasteiger partial charge in [-0.15, -0.1) is 13.2 Å². The van der Waals surface area contributed by atoms with E-state index < -0.39 is 6.36 Å². The third-order valence-electron chi connectivity index (χ3n) is 3.95. The molecule has 0 spiro atoms. The minimum Gasteiger partial charge on any atom is -0.474 e. The van der Waals surface area contributed by atoms with E-state index in [1.807, 2.05) is 0 Å². The van der Waals surface area contributed by atoms with E-state index in [1.54, 1.807) is 24.4 Å². The molecule has 1 aliphatic rings. The molecule has 0 saturated heterocycles. The van der Waals surface area contributed by atoms with Crippen molar-refractivity contribution in [3.8, 4) is 11.6 Å². The second-order valence-corrected chi connectivity index (χ2v) is 6.04. The van der Waals surface area contributed by atoms with Crippen LogP contribution < -0.4 is 20.5 Å². The van der Waals surface area contributed by atoms with Crippen molar-refractivity contribution in [1.29, 1.82) is 0 Å². The maximum Gasteiger partial charge on any atom is 0.573 e. The van der Waals surface area contributed by atoms with E-state index in [4.69, 9.17) is 10.5 Å². The quantitative estimate of drug-likeness (QED) is 0.588. The molecule has 0 radical (unpaired) electrons. The highest BCUT2D eigenvalue weighted by atomic mass is 19.4. The van der Waals surface area contributed by atoms with Gasteiger partial charge >= 0.3 is 6.36 Å². The Bertz CT molecular complexity index is 807. The second kappa shape index (κ2) is 8.15. The zero-order valence-corrected chi connectivity index (χ0v) is 14.4. The Morgan fingerprint density at radius 3 is 2.74 bits per heavy atom. The maximum atomic E-state index is 12.5. The first-order valence-electron chi connectivity index (χ1n) is 8.42. The summed E-state index contributed by atoms with van der Waals surface area (Å²) < 4.78 is 47.1. The second-order valence-electron chi connectivity index (χ2n) is 6.04. The molecular formula is C18H19F3N4O2. The molecule has 6 nitrogen and oxygen atoms in total. The fraction of sp³-hybridized carbons (Fsp3) is 0.333. The number of nitrogens with zero attached hydrogens (tertiary/aromatic N) is 2. The van der Waals surface area contributed by atoms with E-state index >= 15 is 0 Å². The maximum absolute atomic E-state index is 12.5. The smallest absolute Gasteiger partial charge is 0.474 e. The van der Waals surface area contributed by atoms with Crippen molar-refractivity contribution < 1.29 is 22.6 Å². The summed E-state index contributed by atoms with van der Waals surface area (Å²) in [4.78, 5) is 8.31. The summed E-state index contributed by atoms with van der Waals surface area (Å²) in [5.74, 6) is 0.109. The lowest BCUT2D eigenvalue weighted by Gasteiger charge is -2.25. The molecule has 0 bridgehead atoms. The van der Waals surface area contributed by atoms with Crippen LogP contribution in [0.5, 0.6) is 11.6 Å². The summed E-state index contributed by atoms with van der Waals surface area (Å²) in [6.07, 6.45) is 0.261. The topological polar surface area (TPSA) is 81.8 Å². The SMILES string of the molecule is NC(=NCc1ccnc(OC2CCC2)c1)Nc1ccccc1OC(F)(F)F. The number of aromatic nitrogens is 1. The van der Waals surface area contributed by atoms with Crippen molar-refractivity contribution in [2.45, 2.75) is 38.3 Å². The minimum absolute atomic E-state index is 0.0356. The zero-order valence-electron chi connectivity index (χ0n) is 14.4. The largest absolute Gasteiger partial charge is 0.573 e. The highest BCUT2D eigenvalue weighted by Crippen LogP contribution is 2.29. The predicted octanol–water partition coefficient (Wildman–Crippen LogP) is 3.84. The number of aliphatic imine (C=N–C) groups is 1. The Morgan fingerprint density at radius 1 is 1.26 bits per heavy atom. The number of guanidine groups is 1. The summed E-state index contributed by atoms with van der Waals surface area (Å²) in [6, 6.07) is 9.14. The molecule has 0 atom stereocenters. The molecule has 9 heteroatoms. The summed E-state index contributed by atoms with van der Waals surface area (Å²) in [6.45, 7) is 0.227. The van der Waals surface area contributed by atoms with Crippen LogP contribution in [0, 0.1) is 0 Å². The van der Waals surface area contributed by atoms with Gasteiger partial charge in [0.25, 0.3) is 0 Å². The lowest BCUT2D eigenvalue weighted by Crippen LogP contribution is -2.25. The van der Waals surface area contributed by atoms with Crippen LogP contribution in [0.25, 0.3) is 0 Å². The molecule has 0 unspecified atom stereocenters. The van der Waals surface area contributed by atoms with Crippen molar-refractivity contribution in [3.05, 3.63) is 48.2 Å². The number of alkyl halides is 3. The highest BCUT2D eigenvalue weighted by Gasteiger charge is 2.32. The van der Waals surface area contributed by atoms with E-state index in [0.29, 0.717) is 5.88 Å². The normalized spacial score (nSPS) is 15.1. The van der Waals surface area contributed by atoms with Gasteiger partial charge in [0.2, 0.25) is 5.88 Å². The number of anilines is 1. The molecule has 27 heavy (non-hydrogen) atoms. The summed E-state index contributed by atoms with van der Waals surface area (Å²) in [7, 11) is 0. The fourth-order valence-corrected chi connectivity index (χ4v) is 2.41. The number of benzene rings is 1. The molecule has 3 rings (SSSR count). The minimum atomic E-state index is -4.79. The number of halogens is 3. The van der Waals surface area contributed by atoms with Gasteiger partial charge in [-0.1, -0.05) is 12.1 Å². The Kier molecular flexibility index (Phi) is 5.68. The first-order chi connectivity index (χ1) is 12.9. The van der Waals surface area contributed by atoms with Gasteiger partial charge in [-0.3, -0.25) is 0 Å². The van der Waals surface area contributed by atoms with Crippen LogP contribution in [0.4, 0.5) is 18.9 Å². The van der Waals surface area contributed by atoms with Crippen molar-refractivity contribution in [1.82, 2.24) is 4.98 Å². The number of para-hydroxylation sites is 2. The van der Waals surface area contributed by atoms with E-state index in [9.17, 15) is 13.2 Å². The molecule has 1 aliphatic carbocycles. The van der Waals surface area contributed by atoms with Gasteiger partial charge in [0.05, 0.1) is 12.2 Å². The molecule has 2 aromatic rings. The Morgan fingerprint density at radius 2 is 2.04 bits per heavy atom. The molecule has 0 aliphatic heterocycles. The first kappa shape index (κ1) is 18.8. The number of pyridine rings is 1. The van der Waals surface area contributed by atoms with Crippen molar-refractivity contribution in [3.63, 3.8) is 0 Å². The average molecular weight is 380 g/mol. The summed E-state index contributed by atoms with van der Waals surface area (Å²) >= 11 is 0. The molecule has 1 aromatic heterocycles. The van der Waals surface area contributed by atoms with Crippen LogP contribution in [-0.4, -0.2) is 23.4 Å². The zero-order chi connectivity index (χ0) is 19.3. The van der Waals surface area contributed by atoms with Gasteiger partial charge in [0, 0.05) is 12.3 Å². The molecular weight excluding hydrogens is 361 g/mol. The third-order valence-corrected chi connectivity index (χ3v) is 3.95. The van der Waals surface area contributed by atoms with Gasteiger partial charge in [0.1, 0.15) is 6.10 Å². The summed E-state index contributed by atoms with van der Waals surface area (Å²) in [5.41, 5.74) is 6.68. The number of hydrogen-bond donors (Lipinski definition) is 2. The first-order valence-corrected chi connectivity index (χ1v) is 8.42. The number of nitrogens with two attached hydrogens (primary N) is 1. The van der Waals surface area contributed by atoms with Gasteiger partial charge in [0.15, 0.2) is 11.7 Å². The molecule has 3 N–H and O–H groups in total. The van der Waals surface area contributed by atoms with Crippen LogP contribution in [0.1, 0.15) is 24.8 Å². The Hall–Kier alpha value is -2.97.